The standard InChI is InChI=1S/C14H25N3O.3C2HF3O2/c1-16-9-11-17(12-10-16)8-2-3-13-18-14-4-6-15-7-5-14;3*3-2(4,5)1(6)7/h14-15H,4-13H2,1H3;3*(H,6,7). The predicted molar refractivity (Wildman–Crippen MR) is 115 cm³/mol. The van der Waals surface area contributed by atoms with Crippen molar-refractivity contribution in [1.29, 1.82) is 0 Å². The van der Waals surface area contributed by atoms with Crippen LogP contribution in [0.1, 0.15) is 12.8 Å². The van der Waals surface area contributed by atoms with Gasteiger partial charge in [-0.1, -0.05) is 11.8 Å². The molecule has 0 aliphatic carbocycles. The normalized spacial score (nSPS) is 17.0. The van der Waals surface area contributed by atoms with Crippen molar-refractivity contribution >= 4 is 17.9 Å². The number of piperidine rings is 1. The van der Waals surface area contributed by atoms with Gasteiger partial charge < -0.3 is 30.3 Å². The molecule has 2 saturated heterocycles. The Balaban J connectivity index is 0. The van der Waals surface area contributed by atoms with Crippen molar-refractivity contribution in [3.05, 3.63) is 0 Å². The van der Waals surface area contributed by atoms with E-state index in [-0.39, 0.29) is 0 Å². The lowest BCUT2D eigenvalue weighted by molar-refractivity contribution is -0.193. The summed E-state index contributed by atoms with van der Waals surface area (Å²) >= 11 is 0. The number of likely N-dealkylation sites (N-methyl/N-ethyl adjacent to an activating group) is 1. The first-order chi connectivity index (χ1) is 17.7. The zero-order chi connectivity index (χ0) is 30.9. The van der Waals surface area contributed by atoms with Gasteiger partial charge in [-0.2, -0.15) is 39.5 Å². The fourth-order valence-electron chi connectivity index (χ4n) is 2.35. The third kappa shape index (κ3) is 22.8. The quantitative estimate of drug-likeness (QED) is 0.284. The van der Waals surface area contributed by atoms with Crippen molar-refractivity contribution in [2.45, 2.75) is 37.5 Å². The number of carboxylic acids is 3. The summed E-state index contributed by atoms with van der Waals surface area (Å²) in [6.45, 7) is 8.25. The Morgan fingerprint density at radius 2 is 1.13 bits per heavy atom. The number of piperazine rings is 1. The SMILES string of the molecule is CN1CCN(CC#CCOC2CCNCC2)CC1.O=C(O)C(F)(F)F.O=C(O)C(F)(F)F.O=C(O)C(F)(F)F. The largest absolute Gasteiger partial charge is 0.490 e. The van der Waals surface area contributed by atoms with Gasteiger partial charge in [0.05, 0.1) is 12.6 Å². The summed E-state index contributed by atoms with van der Waals surface area (Å²) in [6, 6.07) is 0. The second-order valence-electron chi connectivity index (χ2n) is 7.60. The van der Waals surface area contributed by atoms with Crippen molar-refractivity contribution in [2.24, 2.45) is 0 Å². The number of hydrogen-bond acceptors (Lipinski definition) is 7. The molecule has 2 aliphatic heterocycles. The van der Waals surface area contributed by atoms with Crippen LogP contribution in [0.2, 0.25) is 0 Å². The number of ether oxygens (including phenoxy) is 1. The van der Waals surface area contributed by atoms with Crippen LogP contribution >= 0.6 is 0 Å². The van der Waals surface area contributed by atoms with Gasteiger partial charge >= 0.3 is 36.4 Å². The average Bonchev–Trinajstić information content (AvgIpc) is 2.80. The molecule has 2 fully saturated rings. The van der Waals surface area contributed by atoms with Gasteiger partial charge in [0.2, 0.25) is 0 Å². The highest BCUT2D eigenvalue weighted by atomic mass is 19.4. The van der Waals surface area contributed by atoms with E-state index in [4.69, 9.17) is 34.4 Å². The second-order valence-corrected chi connectivity index (χ2v) is 7.60. The zero-order valence-corrected chi connectivity index (χ0v) is 20.4. The summed E-state index contributed by atoms with van der Waals surface area (Å²) in [5.41, 5.74) is 0. The van der Waals surface area contributed by atoms with E-state index in [1.807, 2.05) is 0 Å². The van der Waals surface area contributed by atoms with Gasteiger partial charge in [0.15, 0.2) is 0 Å². The maximum Gasteiger partial charge on any atom is 0.490 e. The molecule has 19 heteroatoms. The van der Waals surface area contributed by atoms with E-state index in [0.29, 0.717) is 12.7 Å². The number of rotatable bonds is 3. The highest BCUT2D eigenvalue weighted by Crippen LogP contribution is 2.14. The molecule has 0 spiro atoms. The molecule has 0 aromatic heterocycles. The second kappa shape index (κ2) is 18.5. The molecule has 0 bridgehead atoms. The Morgan fingerprint density at radius 3 is 1.46 bits per heavy atom. The molecule has 228 valence electrons. The van der Waals surface area contributed by atoms with Crippen molar-refractivity contribution in [2.75, 3.05) is 59.5 Å². The molecular formula is C20H28F9N3O7. The molecule has 0 aromatic carbocycles. The van der Waals surface area contributed by atoms with Crippen molar-refractivity contribution in [3.63, 3.8) is 0 Å². The fraction of sp³-hybridized carbons (Fsp3) is 0.750. The van der Waals surface area contributed by atoms with E-state index in [2.05, 4.69) is 34.0 Å². The number of nitrogens with zero attached hydrogens (tertiary/aromatic N) is 2. The third-order valence-corrected chi connectivity index (χ3v) is 4.43. The summed E-state index contributed by atoms with van der Waals surface area (Å²) < 4.78 is 101. The van der Waals surface area contributed by atoms with Crippen LogP contribution < -0.4 is 5.32 Å². The first-order valence-electron chi connectivity index (χ1n) is 10.8. The Kier molecular flexibility index (Phi) is 18.1. The van der Waals surface area contributed by atoms with Gasteiger partial charge in [-0.25, -0.2) is 14.4 Å². The van der Waals surface area contributed by atoms with E-state index >= 15 is 0 Å². The molecule has 2 rings (SSSR count). The number of halogens is 9. The first kappa shape index (κ1) is 38.3. The average molecular weight is 593 g/mol. The van der Waals surface area contributed by atoms with Crippen LogP contribution in [0.15, 0.2) is 0 Å². The molecular weight excluding hydrogens is 565 g/mol. The fourth-order valence-corrected chi connectivity index (χ4v) is 2.35. The molecule has 0 amide bonds. The number of hydrogen-bond donors (Lipinski definition) is 4. The summed E-state index contributed by atoms with van der Waals surface area (Å²) in [7, 11) is 2.18. The van der Waals surface area contributed by atoms with E-state index in [0.717, 1.165) is 58.7 Å². The zero-order valence-electron chi connectivity index (χ0n) is 20.4. The maximum absolute atomic E-state index is 10.6. The van der Waals surface area contributed by atoms with Crippen LogP contribution in [0.3, 0.4) is 0 Å². The minimum atomic E-state index is -5.08. The summed E-state index contributed by atoms with van der Waals surface area (Å²) in [5, 5.41) is 24.7. The third-order valence-electron chi connectivity index (χ3n) is 4.43. The molecule has 0 saturated carbocycles. The lowest BCUT2D eigenvalue weighted by Gasteiger charge is -2.30. The van der Waals surface area contributed by atoms with E-state index in [1.54, 1.807) is 0 Å². The van der Waals surface area contributed by atoms with Crippen LogP contribution in [0.5, 0.6) is 0 Å². The minimum Gasteiger partial charge on any atom is -0.475 e. The van der Waals surface area contributed by atoms with Crippen LogP contribution in [0.4, 0.5) is 39.5 Å². The van der Waals surface area contributed by atoms with Crippen molar-refractivity contribution in [3.8, 4) is 11.8 Å². The number of nitrogens with one attached hydrogen (secondary N) is 1. The molecule has 0 atom stereocenters. The maximum atomic E-state index is 10.6. The Hall–Kier alpha value is -2.82. The predicted octanol–water partition coefficient (Wildman–Crippen LogP) is 1.91. The Bertz CT molecular complexity index is 739. The topological polar surface area (TPSA) is 140 Å². The molecule has 0 radical (unpaired) electrons. The van der Waals surface area contributed by atoms with Gasteiger partial charge in [0, 0.05) is 26.2 Å². The Labute approximate surface area is 216 Å². The molecule has 4 N–H and O–H groups in total. The molecule has 2 aliphatic rings. The summed E-state index contributed by atoms with van der Waals surface area (Å²) in [5.74, 6) is -1.90. The van der Waals surface area contributed by atoms with Crippen molar-refractivity contribution < 1.29 is 74.0 Å². The lowest BCUT2D eigenvalue weighted by atomic mass is 10.1. The Morgan fingerprint density at radius 1 is 0.769 bits per heavy atom. The smallest absolute Gasteiger partial charge is 0.475 e. The van der Waals surface area contributed by atoms with Crippen LogP contribution in [0.25, 0.3) is 0 Å². The van der Waals surface area contributed by atoms with Gasteiger partial charge in [0.25, 0.3) is 0 Å². The lowest BCUT2D eigenvalue weighted by Crippen LogP contribution is -2.44. The number of carbonyl (C=O) groups is 3. The number of carboxylic acid groups (broad SMARTS) is 3. The van der Waals surface area contributed by atoms with Gasteiger partial charge in [-0.05, 0) is 33.0 Å². The van der Waals surface area contributed by atoms with Crippen LogP contribution in [0, 0.1) is 11.8 Å². The van der Waals surface area contributed by atoms with Gasteiger partial charge in [-0.3, -0.25) is 4.90 Å². The molecule has 39 heavy (non-hydrogen) atoms. The highest BCUT2D eigenvalue weighted by molar-refractivity contribution is 5.73. The molecule has 2 heterocycles. The van der Waals surface area contributed by atoms with Gasteiger partial charge in [0.1, 0.15) is 6.61 Å². The van der Waals surface area contributed by atoms with E-state index in [1.165, 1.54) is 0 Å². The van der Waals surface area contributed by atoms with Gasteiger partial charge in [-0.15, -0.1) is 0 Å². The summed E-state index contributed by atoms with van der Waals surface area (Å²) in [4.78, 5) is 31.5. The molecule has 0 aromatic rings. The van der Waals surface area contributed by atoms with E-state index < -0.39 is 36.4 Å². The van der Waals surface area contributed by atoms with Crippen molar-refractivity contribution in [1.82, 2.24) is 15.1 Å². The number of aliphatic carboxylic acids is 3. The number of alkyl halides is 9. The highest BCUT2D eigenvalue weighted by Gasteiger charge is 2.39. The molecule has 0 unspecified atom stereocenters. The molecule has 10 nitrogen and oxygen atoms in total. The van der Waals surface area contributed by atoms with Crippen LogP contribution in [-0.2, 0) is 19.1 Å². The first-order valence-corrected chi connectivity index (χ1v) is 10.8. The summed E-state index contributed by atoms with van der Waals surface area (Å²) in [6.07, 6.45) is -12.6. The van der Waals surface area contributed by atoms with E-state index in [9.17, 15) is 39.5 Å². The van der Waals surface area contributed by atoms with Crippen LogP contribution in [-0.4, -0.2) is 127 Å². The minimum absolute atomic E-state index is 0.421. The monoisotopic (exact) mass is 593 g/mol.